The van der Waals surface area contributed by atoms with Gasteiger partial charge in [0, 0.05) is 75.0 Å². The van der Waals surface area contributed by atoms with E-state index >= 15 is 0 Å². The fraction of sp³-hybridized carbons (Fsp3) is 0.104. The molecule has 11 rings (SSSR count). The Bertz CT molecular complexity index is 4630. The van der Waals surface area contributed by atoms with Crippen molar-refractivity contribution in [2.24, 2.45) is 0 Å². The number of esters is 2. The molecular weight excluding hydrogens is 1290 g/mol. The first kappa shape index (κ1) is 71.2. The number of ether oxygens (including phenoxy) is 2. The van der Waals surface area contributed by atoms with Crippen LogP contribution in [0.4, 0.5) is 25.8 Å². The van der Waals surface area contributed by atoms with Gasteiger partial charge in [-0.15, -0.1) is 0 Å². The van der Waals surface area contributed by atoms with Crippen molar-refractivity contribution in [1.29, 1.82) is 0 Å². The number of carbonyl (C=O) groups excluding carboxylic acids is 6. The second-order valence-electron chi connectivity index (χ2n) is 23.3. The first-order valence-electron chi connectivity index (χ1n) is 29.7. The molecule has 8 aromatic carbocycles. The molecule has 0 atom stereocenters. The number of carboxylic acids is 1. The van der Waals surface area contributed by atoms with E-state index in [1.54, 1.807) is 145 Å². The molecule has 15 nitrogen and oxygen atoms in total. The van der Waals surface area contributed by atoms with E-state index in [-0.39, 0.29) is 74.7 Å². The third kappa shape index (κ3) is 19.5. The molecule has 0 unspecified atom stereocenters. The van der Waals surface area contributed by atoms with E-state index in [4.69, 9.17) is 9.47 Å². The zero-order valence-corrected chi connectivity index (χ0v) is 56.9. The number of aromatic nitrogens is 3. The van der Waals surface area contributed by atoms with E-state index in [9.17, 15) is 42.7 Å². The molecule has 0 fully saturated rings. The maximum Gasteiger partial charge on any atom is 1.00 e. The predicted molar refractivity (Wildman–Crippen MR) is 365 cm³/mol. The summed E-state index contributed by atoms with van der Waals surface area (Å²) in [6.07, 6.45) is 9.36. The summed E-state index contributed by atoms with van der Waals surface area (Å²) in [6, 6.07) is 60.2. The third-order valence-corrected chi connectivity index (χ3v) is 14.4. The number of nitrogens with zero attached hydrogens (tertiary/aromatic N) is 3. The van der Waals surface area contributed by atoms with Crippen molar-refractivity contribution >= 4 is 68.6 Å². The van der Waals surface area contributed by atoms with Crippen LogP contribution < -0.4 is 50.6 Å². The minimum absolute atomic E-state index is 0. The van der Waals surface area contributed by atoms with Crippen LogP contribution in [0.3, 0.4) is 0 Å². The zero-order chi connectivity index (χ0) is 67.8. The summed E-state index contributed by atoms with van der Waals surface area (Å²) >= 11 is 3.38. The summed E-state index contributed by atoms with van der Waals surface area (Å²) < 4.78 is 40.3. The average molecular weight is 1360 g/mol. The third-order valence-electron chi connectivity index (χ3n) is 13.9. The van der Waals surface area contributed by atoms with Gasteiger partial charge < -0.3 is 35.3 Å². The van der Waals surface area contributed by atoms with Crippen molar-refractivity contribution in [3.05, 3.63) is 299 Å². The number of halogens is 3. The fourth-order valence-electron chi connectivity index (χ4n) is 9.48. The molecule has 0 aliphatic rings. The van der Waals surface area contributed by atoms with Crippen molar-refractivity contribution in [3.63, 3.8) is 0 Å². The topological polar surface area (TPSA) is 219 Å². The molecule has 0 radical (unpaired) electrons. The van der Waals surface area contributed by atoms with E-state index in [1.165, 1.54) is 55.0 Å². The van der Waals surface area contributed by atoms with Crippen molar-refractivity contribution in [3.8, 4) is 55.6 Å². The van der Waals surface area contributed by atoms with Gasteiger partial charge in [-0.25, -0.2) is 18.4 Å². The van der Waals surface area contributed by atoms with Crippen molar-refractivity contribution < 1.29 is 81.7 Å². The number of nitrogens with one attached hydrogen (secondary N) is 3. The van der Waals surface area contributed by atoms with Crippen LogP contribution in [0, 0.1) is 11.6 Å². The maximum absolute atomic E-state index is 14.4. The van der Waals surface area contributed by atoms with Crippen LogP contribution in [0.15, 0.2) is 254 Å². The molecule has 11 aromatic rings. The molecule has 3 heterocycles. The molecule has 476 valence electrons. The summed E-state index contributed by atoms with van der Waals surface area (Å²) in [5.41, 5.74) is 7.15. The Labute approximate surface area is 584 Å². The van der Waals surface area contributed by atoms with Crippen LogP contribution >= 0.6 is 15.9 Å². The van der Waals surface area contributed by atoms with Gasteiger partial charge in [0.15, 0.2) is 0 Å². The van der Waals surface area contributed by atoms with Gasteiger partial charge in [-0.2, -0.15) is 0 Å². The molecule has 0 aliphatic carbocycles. The quantitative estimate of drug-likeness (QED) is 0.0684. The monoisotopic (exact) mass is 1350 g/mol. The predicted octanol–water partition coefficient (Wildman–Crippen LogP) is 13.7. The summed E-state index contributed by atoms with van der Waals surface area (Å²) in [6.45, 7) is 10.7. The Hall–Kier alpha value is -10.6. The largest absolute Gasteiger partial charge is 1.00 e. The molecule has 3 N–H and O–H groups in total. The van der Waals surface area contributed by atoms with Gasteiger partial charge in [0.05, 0.1) is 50.8 Å². The number of anilines is 3. The van der Waals surface area contributed by atoms with Gasteiger partial charge in [0.25, 0.3) is 17.7 Å². The number of carbonyl (C=O) groups is 6. The van der Waals surface area contributed by atoms with E-state index in [1.807, 2.05) is 91.0 Å². The Morgan fingerprint density at radius 2 is 0.688 bits per heavy atom. The zero-order valence-electron chi connectivity index (χ0n) is 53.3. The van der Waals surface area contributed by atoms with Crippen molar-refractivity contribution in [2.75, 3.05) is 16.0 Å². The second-order valence-corrected chi connectivity index (χ2v) is 24.2. The Morgan fingerprint density at radius 1 is 0.375 bits per heavy atom. The minimum Gasteiger partial charge on any atom is -0.545 e. The van der Waals surface area contributed by atoms with Crippen LogP contribution in [0.2, 0.25) is 0 Å². The summed E-state index contributed by atoms with van der Waals surface area (Å²) in [5, 5.41) is 19.7. The number of carboxylic acid groups (broad SMARTS) is 1. The van der Waals surface area contributed by atoms with Crippen LogP contribution in [-0.2, 0) is 9.47 Å². The normalized spacial score (nSPS) is 10.8. The maximum atomic E-state index is 14.4. The number of pyridine rings is 3. The summed E-state index contributed by atoms with van der Waals surface area (Å²) in [7, 11) is 0. The van der Waals surface area contributed by atoms with Crippen LogP contribution in [0.1, 0.15) is 104 Å². The molecule has 0 saturated heterocycles. The van der Waals surface area contributed by atoms with Crippen LogP contribution in [-0.4, -0.2) is 61.8 Å². The van der Waals surface area contributed by atoms with Gasteiger partial charge in [-0.1, -0.05) is 162 Å². The van der Waals surface area contributed by atoms with Gasteiger partial charge >= 0.3 is 41.5 Å². The number of benzene rings is 8. The van der Waals surface area contributed by atoms with E-state index < -0.39 is 52.6 Å². The SMILES string of the molecule is CC(C)(C)OC(=O)c1ccc(-c2ccccc2F)cc1NC(=O)c1cncc(-c2ccccc2)c1.CC(C)(C)OC(=O)c1ccc(Br)cc1NC(=O)c1cncc(-c2ccccc2)c1.O=C(Nc1cc(-c2ccccc2F)ccc1C(=O)[O-])c1cncc(-c2ccccc2)c1.[Na+]. The number of hydrogen-bond acceptors (Lipinski definition) is 12. The van der Waals surface area contributed by atoms with E-state index in [0.717, 1.165) is 37.9 Å². The molecule has 19 heteroatoms. The van der Waals surface area contributed by atoms with Gasteiger partial charge in [0.1, 0.15) is 22.8 Å². The summed E-state index contributed by atoms with van der Waals surface area (Å²) in [5.74, 6) is -4.77. The number of aromatic carboxylic acids is 1. The molecule has 3 aromatic heterocycles. The van der Waals surface area contributed by atoms with Crippen molar-refractivity contribution in [2.45, 2.75) is 52.7 Å². The fourth-order valence-corrected chi connectivity index (χ4v) is 9.84. The molecule has 3 amide bonds. The Kier molecular flexibility index (Phi) is 24.1. The van der Waals surface area contributed by atoms with Crippen LogP contribution in [0.5, 0.6) is 0 Å². The van der Waals surface area contributed by atoms with Crippen LogP contribution in [0.25, 0.3) is 55.6 Å². The number of hydrogen-bond donors (Lipinski definition) is 3. The van der Waals surface area contributed by atoms with E-state index in [0.29, 0.717) is 33.5 Å². The average Bonchev–Trinajstić information content (AvgIpc) is 0.844. The molecule has 0 aliphatic heterocycles. The summed E-state index contributed by atoms with van der Waals surface area (Å²) in [4.78, 5) is 88.4. The smallest absolute Gasteiger partial charge is 0.545 e. The first-order valence-corrected chi connectivity index (χ1v) is 30.5. The van der Waals surface area contributed by atoms with Crippen molar-refractivity contribution in [1.82, 2.24) is 15.0 Å². The molecular formula is C77H62BrF2N6NaO9. The number of amides is 3. The Balaban J connectivity index is 0.000000184. The Morgan fingerprint density at radius 3 is 1.03 bits per heavy atom. The molecule has 0 bridgehead atoms. The van der Waals surface area contributed by atoms with Gasteiger partial charge in [0.2, 0.25) is 0 Å². The standard InChI is InChI=1S/C29H25FN2O3.C25H17FN2O3.C23H21BrN2O3.Na/c1-29(2,3)35-28(34)24-14-13-20(23-11-7-8-12-25(23)30)16-26(24)32-27(33)22-15-21(17-31-18-22)19-9-5-4-6-10-19;26-22-9-5-4-8-20(22)17-10-11-21(25(30)31)23(13-17)28-24(29)19-12-18(14-27-15-19)16-6-2-1-3-7-16;1-23(2,3)29-22(28)19-10-9-18(24)12-20(19)26-21(27)17-11-16(13-25-14-17)15-7-5-4-6-8-15;/h4-18H,1-3H3,(H,32,33);1-15H,(H,28,29)(H,30,31);4-14H,1-3H3,(H,26,27);/q;;;+1/p-1. The second kappa shape index (κ2) is 32.5. The van der Waals surface area contributed by atoms with Gasteiger partial charge in [-0.3, -0.25) is 29.3 Å². The minimum atomic E-state index is -1.45. The number of rotatable bonds is 14. The first-order chi connectivity index (χ1) is 45.5. The van der Waals surface area contributed by atoms with E-state index in [2.05, 4.69) is 46.8 Å². The molecule has 96 heavy (non-hydrogen) atoms. The molecule has 0 saturated carbocycles. The molecule has 0 spiro atoms. The van der Waals surface area contributed by atoms with Gasteiger partial charge in [-0.05, 0) is 136 Å².